The number of carboxylic acids is 1. The zero-order chi connectivity index (χ0) is 42.0. The molecule has 2 aliphatic carbocycles. The molecule has 2 heterocycles. The Kier molecular flexibility index (Phi) is 9.59. The standard InChI is InChI=1S/C34H28O23/c35-13-3-1-11-12-2-4-17(54-24-10(28(46)47)7-16(38)20(40)22(24)42)27(45)34(12,52)31(49)53-8-18-21(41)25(56-32(50)33(11,51)26(13)44)23(43)30(55-18)57-29(48)9-5-14(36)19(39)15(37)6-9/h1-7,18,21,23,25,30,35-45,51-52H,8H2,(H,46,47)/b12-11-/t18-,21-,23-,25+,30+,33?,34?/m1/s1. The molecule has 0 radical (unpaired) electrons. The highest BCUT2D eigenvalue weighted by Crippen LogP contribution is 2.48. The maximum absolute atomic E-state index is 13.9. The fourth-order valence-electron chi connectivity index (χ4n) is 6.05. The number of hydrogen-bond donors (Lipinski definition) is 14. The summed E-state index contributed by atoms with van der Waals surface area (Å²) in [7, 11) is 0. The Morgan fingerprint density at radius 3 is 1.91 bits per heavy atom. The molecule has 6 rings (SSSR count). The van der Waals surface area contributed by atoms with Gasteiger partial charge in [-0.3, -0.25) is 0 Å². The van der Waals surface area contributed by atoms with Crippen molar-refractivity contribution in [2.75, 3.05) is 6.61 Å². The Morgan fingerprint density at radius 2 is 1.30 bits per heavy atom. The van der Waals surface area contributed by atoms with Crippen molar-refractivity contribution in [2.24, 2.45) is 0 Å². The highest BCUT2D eigenvalue weighted by Gasteiger charge is 2.59. The van der Waals surface area contributed by atoms with Gasteiger partial charge in [0.25, 0.3) is 0 Å². The molecule has 1 fully saturated rings. The topological polar surface area (TPSA) is 398 Å². The van der Waals surface area contributed by atoms with Gasteiger partial charge in [0.1, 0.15) is 24.4 Å². The Morgan fingerprint density at radius 1 is 0.719 bits per heavy atom. The summed E-state index contributed by atoms with van der Waals surface area (Å²) < 4.78 is 26.1. The fraction of sp³-hybridized carbons (Fsp3) is 0.235. The van der Waals surface area contributed by atoms with Gasteiger partial charge in [-0.25, -0.2) is 19.2 Å². The first kappa shape index (κ1) is 39.5. The lowest BCUT2D eigenvalue weighted by molar-refractivity contribution is -0.291. The van der Waals surface area contributed by atoms with E-state index in [-0.39, 0.29) is 0 Å². The molecule has 1 saturated heterocycles. The number of ether oxygens (including phenoxy) is 5. The van der Waals surface area contributed by atoms with Crippen molar-refractivity contribution in [3.05, 3.63) is 87.8 Å². The van der Waals surface area contributed by atoms with Crippen LogP contribution in [0.25, 0.3) is 0 Å². The second-order valence-electron chi connectivity index (χ2n) is 12.5. The van der Waals surface area contributed by atoms with Crippen molar-refractivity contribution in [1.29, 1.82) is 0 Å². The Labute approximate surface area is 314 Å². The molecule has 2 aliphatic heterocycles. The molecule has 2 aromatic carbocycles. The third kappa shape index (κ3) is 6.16. The van der Waals surface area contributed by atoms with Gasteiger partial charge < -0.3 is 95.2 Å². The number of hydrogen-bond acceptors (Lipinski definition) is 22. The van der Waals surface area contributed by atoms with Gasteiger partial charge in [0, 0.05) is 17.2 Å². The molecule has 2 bridgehead atoms. The van der Waals surface area contributed by atoms with Crippen LogP contribution in [0.2, 0.25) is 0 Å². The predicted molar refractivity (Wildman–Crippen MR) is 175 cm³/mol. The molecule has 7 atom stereocenters. The van der Waals surface area contributed by atoms with E-state index in [9.17, 15) is 90.7 Å². The summed E-state index contributed by atoms with van der Waals surface area (Å²) in [6.07, 6.45) is -8.80. The summed E-state index contributed by atoms with van der Waals surface area (Å²) in [4.78, 5) is 52.6. The minimum Gasteiger partial charge on any atom is -0.505 e. The number of benzene rings is 2. The van der Waals surface area contributed by atoms with Gasteiger partial charge in [0.05, 0.1) is 5.56 Å². The smallest absolute Gasteiger partial charge is 0.351 e. The number of allylic oxidation sites excluding steroid dienone is 2. The summed E-state index contributed by atoms with van der Waals surface area (Å²) in [5.41, 5.74) is -11.2. The number of phenols is 6. The number of carbonyl (C=O) groups excluding carboxylic acids is 3. The van der Waals surface area contributed by atoms with Crippen LogP contribution in [0.15, 0.2) is 76.7 Å². The average molecular weight is 805 g/mol. The molecule has 2 aromatic rings. The lowest BCUT2D eigenvalue weighted by atomic mass is 9.75. The van der Waals surface area contributed by atoms with Gasteiger partial charge in [-0.1, -0.05) is 12.2 Å². The van der Waals surface area contributed by atoms with Crippen molar-refractivity contribution in [3.8, 4) is 40.2 Å². The largest absolute Gasteiger partial charge is 0.505 e. The van der Waals surface area contributed by atoms with E-state index < -0.39 is 158 Å². The highest BCUT2D eigenvalue weighted by atomic mass is 16.7. The summed E-state index contributed by atoms with van der Waals surface area (Å²) in [5, 5.41) is 148. The van der Waals surface area contributed by atoms with Crippen LogP contribution in [0.5, 0.6) is 40.2 Å². The van der Waals surface area contributed by atoms with Crippen LogP contribution in [-0.4, -0.2) is 144 Å². The highest BCUT2D eigenvalue weighted by molar-refractivity contribution is 5.96. The van der Waals surface area contributed by atoms with Crippen molar-refractivity contribution < 1.29 is 114 Å². The van der Waals surface area contributed by atoms with Crippen LogP contribution in [0.4, 0.5) is 0 Å². The molecule has 23 nitrogen and oxygen atoms in total. The molecule has 0 saturated carbocycles. The first-order valence-corrected chi connectivity index (χ1v) is 15.8. The number of esters is 3. The number of aliphatic hydroxyl groups excluding tert-OH is 5. The van der Waals surface area contributed by atoms with Crippen molar-refractivity contribution in [2.45, 2.75) is 41.9 Å². The summed E-state index contributed by atoms with van der Waals surface area (Å²) in [6, 6.07) is 1.66. The SMILES string of the molecule is O=C(O[C@@H]1O[C@@H]2COC(=O)C3(O)C(O)=C(Oc4c(C(=O)O)cc(O)c(O)c4O)C=C/C3=C3\C=CC(O)=C(O)C3(O)C(=O)O[C@H]([C@H]1O)[C@@H]2O)c1cc(O)c(O)c(O)c1. The van der Waals surface area contributed by atoms with Crippen LogP contribution >= 0.6 is 0 Å². The molecule has 4 aliphatic rings. The number of rotatable bonds is 5. The third-order valence-electron chi connectivity index (χ3n) is 9.07. The second kappa shape index (κ2) is 13.8. The molecule has 23 heteroatoms. The molecule has 302 valence electrons. The minimum absolute atomic E-state index is 0.423. The lowest BCUT2D eigenvalue weighted by Gasteiger charge is -2.43. The van der Waals surface area contributed by atoms with Crippen LogP contribution in [0.1, 0.15) is 20.7 Å². The Hall–Kier alpha value is -7.18. The number of cyclic esters (lactones) is 1. The summed E-state index contributed by atoms with van der Waals surface area (Å²) >= 11 is 0. The zero-order valence-corrected chi connectivity index (χ0v) is 28.1. The van der Waals surface area contributed by atoms with E-state index in [2.05, 4.69) is 0 Å². The normalized spacial score (nSPS) is 29.9. The van der Waals surface area contributed by atoms with E-state index in [0.717, 1.165) is 0 Å². The minimum atomic E-state index is -3.72. The first-order valence-electron chi connectivity index (χ1n) is 15.8. The number of carboxylic acid groups (broad SMARTS) is 1. The van der Waals surface area contributed by atoms with E-state index in [4.69, 9.17) is 23.7 Å². The van der Waals surface area contributed by atoms with Crippen molar-refractivity contribution in [1.82, 2.24) is 0 Å². The molecule has 14 N–H and O–H groups in total. The number of aromatic carboxylic acids is 1. The summed E-state index contributed by atoms with van der Waals surface area (Å²) in [6.45, 7) is -1.23. The molecule has 0 aromatic heterocycles. The third-order valence-corrected chi connectivity index (χ3v) is 9.07. The maximum Gasteiger partial charge on any atom is 0.351 e. The van der Waals surface area contributed by atoms with Crippen molar-refractivity contribution in [3.63, 3.8) is 0 Å². The van der Waals surface area contributed by atoms with Gasteiger partial charge >= 0.3 is 23.9 Å². The number of carbonyl (C=O) groups is 4. The van der Waals surface area contributed by atoms with Crippen molar-refractivity contribution >= 4 is 23.9 Å². The van der Waals surface area contributed by atoms with Crippen LogP contribution in [-0.2, 0) is 28.5 Å². The monoisotopic (exact) mass is 804 g/mol. The molecule has 0 spiro atoms. The van der Waals surface area contributed by atoms with Gasteiger partial charge in [-0.15, -0.1) is 0 Å². The van der Waals surface area contributed by atoms with Gasteiger partial charge in [0.15, 0.2) is 64.0 Å². The maximum atomic E-state index is 13.9. The van der Waals surface area contributed by atoms with Gasteiger partial charge in [-0.05, 0) is 24.3 Å². The molecular formula is C34H28O23. The van der Waals surface area contributed by atoms with Crippen LogP contribution in [0, 0.1) is 0 Å². The van der Waals surface area contributed by atoms with Crippen LogP contribution in [0.3, 0.4) is 0 Å². The Balaban J connectivity index is 1.47. The second-order valence-corrected chi connectivity index (χ2v) is 12.5. The molecule has 2 unspecified atom stereocenters. The molecular weight excluding hydrogens is 776 g/mol. The average Bonchev–Trinajstić information content (AvgIpc) is 3.16. The van der Waals surface area contributed by atoms with E-state index in [1.807, 2.05) is 0 Å². The summed E-state index contributed by atoms with van der Waals surface area (Å²) in [5.74, 6) is -21.1. The van der Waals surface area contributed by atoms with E-state index in [1.165, 1.54) is 0 Å². The predicted octanol–water partition coefficient (Wildman–Crippen LogP) is -1.23. The lowest BCUT2D eigenvalue weighted by Crippen LogP contribution is -2.63. The van der Waals surface area contributed by atoms with E-state index >= 15 is 0 Å². The zero-order valence-electron chi connectivity index (χ0n) is 28.1. The van der Waals surface area contributed by atoms with Gasteiger partial charge in [0.2, 0.25) is 29.0 Å². The first-order chi connectivity index (χ1) is 26.6. The van der Waals surface area contributed by atoms with E-state index in [0.29, 0.717) is 42.5 Å². The van der Waals surface area contributed by atoms with Gasteiger partial charge in [-0.2, -0.15) is 0 Å². The molecule has 0 amide bonds. The number of phenolic OH excluding ortho intramolecular Hbond substituents is 6. The Bertz CT molecular complexity index is 2260. The quantitative estimate of drug-likeness (QED) is 0.0955. The number of fused-ring (bicyclic) bond motifs is 4. The number of aliphatic hydroxyl groups is 7. The van der Waals surface area contributed by atoms with E-state index in [1.54, 1.807) is 0 Å². The van der Waals surface area contributed by atoms with Crippen LogP contribution < -0.4 is 4.74 Å². The number of aromatic hydroxyl groups is 6. The molecule has 57 heavy (non-hydrogen) atoms. The fourth-order valence-corrected chi connectivity index (χ4v) is 6.05.